The van der Waals surface area contributed by atoms with Gasteiger partial charge in [-0.15, -0.1) is 0 Å². The van der Waals surface area contributed by atoms with Crippen molar-refractivity contribution in [3.8, 4) is 0 Å². The normalized spacial score (nSPS) is 18.0. The molecule has 1 aromatic heterocycles. The number of urea groups is 1. The Kier molecular flexibility index (Phi) is 5.43. The van der Waals surface area contributed by atoms with Gasteiger partial charge in [0, 0.05) is 37.3 Å². The van der Waals surface area contributed by atoms with Gasteiger partial charge in [-0.1, -0.05) is 18.2 Å². The highest BCUT2D eigenvalue weighted by Gasteiger charge is 2.30. The van der Waals surface area contributed by atoms with Gasteiger partial charge in [0.1, 0.15) is 5.82 Å². The molecule has 6 nitrogen and oxygen atoms in total. The predicted molar refractivity (Wildman–Crippen MR) is 122 cm³/mol. The number of aryl methyl sites for hydroxylation is 1. The van der Waals surface area contributed by atoms with Gasteiger partial charge in [-0.2, -0.15) is 0 Å². The second-order valence-corrected chi connectivity index (χ2v) is 8.76. The van der Waals surface area contributed by atoms with Gasteiger partial charge in [0.2, 0.25) is 0 Å². The van der Waals surface area contributed by atoms with E-state index < -0.39 is 0 Å². The number of nitrogens with one attached hydrogen (secondary N) is 1. The van der Waals surface area contributed by atoms with Crippen LogP contribution < -0.4 is 10.2 Å². The molecule has 3 aromatic rings. The van der Waals surface area contributed by atoms with Gasteiger partial charge in [-0.05, 0) is 61.6 Å². The summed E-state index contributed by atoms with van der Waals surface area (Å²) in [5.41, 5.74) is 4.04. The van der Waals surface area contributed by atoms with Gasteiger partial charge in [-0.3, -0.25) is 4.79 Å². The van der Waals surface area contributed by atoms with Crippen LogP contribution in [-0.2, 0) is 11.2 Å². The molecule has 0 radical (unpaired) electrons. The maximum absolute atomic E-state index is 13.1. The number of fused-ring (bicyclic) bond motifs is 1. The van der Waals surface area contributed by atoms with E-state index in [1.807, 2.05) is 30.3 Å². The van der Waals surface area contributed by atoms with Crippen molar-refractivity contribution in [1.82, 2.24) is 14.8 Å². The van der Waals surface area contributed by atoms with Gasteiger partial charge >= 0.3 is 6.03 Å². The zero-order valence-electron chi connectivity index (χ0n) is 18.2. The Bertz CT molecular complexity index is 1150. The van der Waals surface area contributed by atoms with Gasteiger partial charge in [0.15, 0.2) is 0 Å². The molecule has 2 aliphatic heterocycles. The molecule has 3 heterocycles. The summed E-state index contributed by atoms with van der Waals surface area (Å²) in [6.07, 6.45) is 5.20. The number of aromatic nitrogens is 1. The van der Waals surface area contributed by atoms with Crippen molar-refractivity contribution < 1.29 is 14.0 Å². The van der Waals surface area contributed by atoms with Crippen LogP contribution >= 0.6 is 0 Å². The molecule has 0 bridgehead atoms. The largest absolute Gasteiger partial charge is 0.344 e. The van der Waals surface area contributed by atoms with Crippen molar-refractivity contribution in [3.63, 3.8) is 0 Å². The number of carbonyl (C=O) groups excluding carboxylic acids is 2. The summed E-state index contributed by atoms with van der Waals surface area (Å²) in [7, 11) is 0. The van der Waals surface area contributed by atoms with E-state index in [1.54, 1.807) is 0 Å². The molecular formula is C25H27FN4O2. The highest BCUT2D eigenvalue weighted by Crippen LogP contribution is 2.33. The number of likely N-dealkylation sites (tertiary alicyclic amines) is 1. The molecule has 32 heavy (non-hydrogen) atoms. The molecule has 5 rings (SSSR count). The van der Waals surface area contributed by atoms with Crippen molar-refractivity contribution in [2.45, 2.75) is 32.2 Å². The number of hydrogen-bond donors (Lipinski definition) is 1. The molecule has 7 heteroatoms. The average Bonchev–Trinajstić information content (AvgIpc) is 3.32. The van der Waals surface area contributed by atoms with E-state index in [4.69, 9.17) is 0 Å². The second kappa shape index (κ2) is 8.39. The number of benzene rings is 2. The first kappa shape index (κ1) is 20.7. The van der Waals surface area contributed by atoms with Crippen LogP contribution in [-0.4, -0.2) is 47.6 Å². The second-order valence-electron chi connectivity index (χ2n) is 8.76. The molecule has 0 unspecified atom stereocenters. The first-order chi connectivity index (χ1) is 15.5. The Labute approximate surface area is 186 Å². The van der Waals surface area contributed by atoms with Gasteiger partial charge in [-0.25, -0.2) is 14.1 Å². The highest BCUT2D eigenvalue weighted by atomic mass is 19.1. The minimum atomic E-state index is -0.362. The maximum Gasteiger partial charge on any atom is 0.329 e. The zero-order valence-corrected chi connectivity index (χ0v) is 18.2. The topological polar surface area (TPSA) is 57.6 Å². The molecule has 0 spiro atoms. The Morgan fingerprint density at radius 3 is 2.50 bits per heavy atom. The standard InChI is InChI=1S/C25H27FN4O2/c1-17-16-29(23-14-21(6-7-22(17)23)30-24(31)15-27-25(30)32)20-9-12-28(13-10-20)11-8-18-2-4-19(26)5-3-18/h2-7,14,16,20H,8-13,15H2,1H3,(H,27,32). The number of hydrogen-bond acceptors (Lipinski definition) is 3. The van der Waals surface area contributed by atoms with Crippen LogP contribution in [0.15, 0.2) is 48.7 Å². The lowest BCUT2D eigenvalue weighted by atomic mass is 10.0. The van der Waals surface area contributed by atoms with E-state index >= 15 is 0 Å². The summed E-state index contributed by atoms with van der Waals surface area (Å²) in [5, 5.41) is 3.74. The van der Waals surface area contributed by atoms with Crippen molar-refractivity contribution >= 4 is 28.5 Å². The lowest BCUT2D eigenvalue weighted by Gasteiger charge is -2.33. The molecule has 0 atom stereocenters. The molecule has 166 valence electrons. The molecule has 2 aliphatic rings. The summed E-state index contributed by atoms with van der Waals surface area (Å²) >= 11 is 0. The smallest absolute Gasteiger partial charge is 0.329 e. The molecule has 3 amide bonds. The Hall–Kier alpha value is -3.19. The van der Waals surface area contributed by atoms with E-state index in [1.165, 1.54) is 22.6 Å². The predicted octanol–water partition coefficient (Wildman–Crippen LogP) is 4.02. The van der Waals surface area contributed by atoms with E-state index in [-0.39, 0.29) is 24.3 Å². The molecule has 0 aliphatic carbocycles. The fraction of sp³-hybridized carbons (Fsp3) is 0.360. The van der Waals surface area contributed by atoms with Crippen LogP contribution in [0.4, 0.5) is 14.9 Å². The van der Waals surface area contributed by atoms with Crippen LogP contribution in [0, 0.1) is 12.7 Å². The maximum atomic E-state index is 13.1. The van der Waals surface area contributed by atoms with E-state index in [0.717, 1.165) is 55.4 Å². The van der Waals surface area contributed by atoms with E-state index in [9.17, 15) is 14.0 Å². The minimum Gasteiger partial charge on any atom is -0.344 e. The van der Waals surface area contributed by atoms with Crippen LogP contribution in [0.2, 0.25) is 0 Å². The first-order valence-electron chi connectivity index (χ1n) is 11.2. The zero-order chi connectivity index (χ0) is 22.2. The molecule has 2 saturated heterocycles. The van der Waals surface area contributed by atoms with Gasteiger partial charge < -0.3 is 14.8 Å². The highest BCUT2D eigenvalue weighted by molar-refractivity contribution is 6.20. The summed E-state index contributed by atoms with van der Waals surface area (Å²) in [6, 6.07) is 12.6. The summed E-state index contributed by atoms with van der Waals surface area (Å²) in [6.45, 7) is 5.14. The van der Waals surface area contributed by atoms with E-state index in [2.05, 4.69) is 27.9 Å². The quantitative estimate of drug-likeness (QED) is 0.617. The molecule has 0 saturated carbocycles. The molecule has 1 N–H and O–H groups in total. The fourth-order valence-corrected chi connectivity index (χ4v) is 4.90. The van der Waals surface area contributed by atoms with Crippen molar-refractivity contribution in [3.05, 3.63) is 65.6 Å². The number of amides is 3. The van der Waals surface area contributed by atoms with Crippen molar-refractivity contribution in [2.75, 3.05) is 31.1 Å². The molecule has 2 aromatic carbocycles. The number of anilines is 1. The van der Waals surface area contributed by atoms with Gasteiger partial charge in [0.05, 0.1) is 17.7 Å². The Balaban J connectivity index is 1.29. The third kappa shape index (κ3) is 3.88. The van der Waals surface area contributed by atoms with E-state index in [0.29, 0.717) is 11.7 Å². The number of halogens is 1. The lowest BCUT2D eigenvalue weighted by molar-refractivity contribution is -0.115. The third-order valence-electron chi connectivity index (χ3n) is 6.70. The number of imide groups is 1. The minimum absolute atomic E-state index is 0.0489. The first-order valence-corrected chi connectivity index (χ1v) is 11.2. The number of piperidine rings is 1. The SMILES string of the molecule is Cc1cn(C2CCN(CCc3ccc(F)cc3)CC2)c2cc(N3C(=O)CNC3=O)ccc12. The average molecular weight is 435 g/mol. The van der Waals surface area contributed by atoms with Gasteiger partial charge in [0.25, 0.3) is 5.91 Å². The molecular weight excluding hydrogens is 407 g/mol. The number of carbonyl (C=O) groups is 2. The third-order valence-corrected chi connectivity index (χ3v) is 6.70. The Morgan fingerprint density at radius 2 is 1.81 bits per heavy atom. The van der Waals surface area contributed by atoms with Crippen LogP contribution in [0.1, 0.15) is 30.0 Å². The van der Waals surface area contributed by atoms with Crippen LogP contribution in [0.25, 0.3) is 10.9 Å². The number of rotatable bonds is 5. The summed E-state index contributed by atoms with van der Waals surface area (Å²) in [5.74, 6) is -0.416. The summed E-state index contributed by atoms with van der Waals surface area (Å²) < 4.78 is 15.4. The Morgan fingerprint density at radius 1 is 1.06 bits per heavy atom. The summed E-state index contributed by atoms with van der Waals surface area (Å²) in [4.78, 5) is 27.9. The van der Waals surface area contributed by atoms with Crippen LogP contribution in [0.5, 0.6) is 0 Å². The molecule has 2 fully saturated rings. The van der Waals surface area contributed by atoms with Crippen LogP contribution in [0.3, 0.4) is 0 Å². The monoisotopic (exact) mass is 434 g/mol. The van der Waals surface area contributed by atoms with Crippen molar-refractivity contribution in [2.24, 2.45) is 0 Å². The van der Waals surface area contributed by atoms with Crippen molar-refractivity contribution in [1.29, 1.82) is 0 Å². The fourth-order valence-electron chi connectivity index (χ4n) is 4.90. The number of nitrogens with zero attached hydrogens (tertiary/aromatic N) is 3. The lowest BCUT2D eigenvalue weighted by Crippen LogP contribution is -2.35.